The van der Waals surface area contributed by atoms with Crippen molar-refractivity contribution in [3.63, 3.8) is 0 Å². The molecule has 0 saturated carbocycles. The van der Waals surface area contributed by atoms with Crippen LogP contribution in [0.2, 0.25) is 5.02 Å². The number of fused-ring (bicyclic) bond motifs is 3. The number of aromatic nitrogens is 3. The Morgan fingerprint density at radius 3 is 3.00 bits per heavy atom. The van der Waals surface area contributed by atoms with Crippen LogP contribution in [0.4, 0.5) is 0 Å². The Bertz CT molecular complexity index is 831. The third-order valence-electron chi connectivity index (χ3n) is 3.48. The number of imidazole rings is 1. The third kappa shape index (κ3) is 1.70. The fourth-order valence-electron chi connectivity index (χ4n) is 2.54. The van der Waals surface area contributed by atoms with Crippen LogP contribution in [0.25, 0.3) is 11.0 Å². The average molecular weight is 304 g/mol. The van der Waals surface area contributed by atoms with E-state index in [0.717, 1.165) is 16.7 Å². The molecule has 0 spiro atoms. The smallest absolute Gasteiger partial charge is 0.200 e. The number of pyridine rings is 1. The van der Waals surface area contributed by atoms with Crippen molar-refractivity contribution in [3.05, 3.63) is 53.3 Å². The predicted molar refractivity (Wildman–Crippen MR) is 78.1 cm³/mol. The molecule has 0 N–H and O–H groups in total. The minimum Gasteiger partial charge on any atom is -0.315 e. The first-order valence-electron chi connectivity index (χ1n) is 6.21. The van der Waals surface area contributed by atoms with Gasteiger partial charge in [0, 0.05) is 17.8 Å². The van der Waals surface area contributed by atoms with Crippen LogP contribution in [-0.2, 0) is 17.3 Å². The summed E-state index contributed by atoms with van der Waals surface area (Å²) in [5, 5.41) is 1.12. The van der Waals surface area contributed by atoms with Gasteiger partial charge in [-0.25, -0.2) is 4.98 Å². The molecule has 0 saturated heterocycles. The van der Waals surface area contributed by atoms with Gasteiger partial charge < -0.3 is 4.57 Å². The molecule has 0 aliphatic carbocycles. The predicted octanol–water partition coefficient (Wildman–Crippen LogP) is 2.95. The lowest BCUT2D eigenvalue weighted by Gasteiger charge is -2.07. The maximum atomic E-state index is 12.6. The van der Waals surface area contributed by atoms with Crippen molar-refractivity contribution in [2.45, 2.75) is 17.0 Å². The van der Waals surface area contributed by atoms with Gasteiger partial charge in [0.15, 0.2) is 0 Å². The van der Waals surface area contributed by atoms with Crippen LogP contribution >= 0.6 is 11.6 Å². The molecule has 0 amide bonds. The molecule has 1 aliphatic rings. The Hall–Kier alpha value is -1.72. The van der Waals surface area contributed by atoms with Crippen molar-refractivity contribution in [1.82, 2.24) is 14.5 Å². The van der Waals surface area contributed by atoms with Crippen LogP contribution in [0.5, 0.6) is 0 Å². The van der Waals surface area contributed by atoms with Gasteiger partial charge in [0.25, 0.3) is 0 Å². The monoisotopic (exact) mass is 303 g/mol. The van der Waals surface area contributed by atoms with E-state index in [-0.39, 0.29) is 5.25 Å². The van der Waals surface area contributed by atoms with Gasteiger partial charge in [-0.1, -0.05) is 17.7 Å². The summed E-state index contributed by atoms with van der Waals surface area (Å²) in [6, 6.07) is 11.2. The van der Waals surface area contributed by atoms with Crippen molar-refractivity contribution < 1.29 is 4.21 Å². The molecule has 1 aliphatic heterocycles. The Labute approximate surface area is 122 Å². The fraction of sp³-hybridized carbons (Fsp3) is 0.143. The fourth-order valence-corrected chi connectivity index (χ4v) is 4.18. The van der Waals surface area contributed by atoms with Crippen molar-refractivity contribution in [2.24, 2.45) is 0 Å². The van der Waals surface area contributed by atoms with Gasteiger partial charge in [0.2, 0.25) is 5.16 Å². The summed E-state index contributed by atoms with van der Waals surface area (Å²) in [5.41, 5.74) is 2.61. The number of halogens is 1. The van der Waals surface area contributed by atoms with E-state index in [4.69, 9.17) is 11.6 Å². The minimum atomic E-state index is -1.18. The Morgan fingerprint density at radius 1 is 1.30 bits per heavy atom. The second kappa shape index (κ2) is 4.40. The van der Waals surface area contributed by atoms with E-state index in [9.17, 15) is 4.21 Å². The van der Waals surface area contributed by atoms with Crippen LogP contribution in [0, 0.1) is 0 Å². The molecule has 2 atom stereocenters. The first-order chi connectivity index (χ1) is 9.74. The molecule has 20 heavy (non-hydrogen) atoms. The molecule has 3 heterocycles. The van der Waals surface area contributed by atoms with E-state index in [2.05, 4.69) is 9.97 Å². The van der Waals surface area contributed by atoms with Crippen molar-refractivity contribution in [2.75, 3.05) is 0 Å². The SMILES string of the molecule is O=S1c2nc3cc(Cl)ccc3n2CC1c1ccccn1. The van der Waals surface area contributed by atoms with Gasteiger partial charge in [0.1, 0.15) is 16.0 Å². The van der Waals surface area contributed by atoms with E-state index < -0.39 is 10.8 Å². The van der Waals surface area contributed by atoms with E-state index in [1.165, 1.54) is 0 Å². The maximum Gasteiger partial charge on any atom is 0.200 e. The second-order valence-corrected chi connectivity index (χ2v) is 6.64. The number of rotatable bonds is 1. The highest BCUT2D eigenvalue weighted by Gasteiger charge is 2.34. The van der Waals surface area contributed by atoms with E-state index in [0.29, 0.717) is 16.7 Å². The molecule has 0 radical (unpaired) electrons. The average Bonchev–Trinajstić information content (AvgIpc) is 2.97. The van der Waals surface area contributed by atoms with E-state index >= 15 is 0 Å². The molecule has 2 unspecified atom stereocenters. The first-order valence-corrected chi connectivity index (χ1v) is 7.80. The molecule has 0 bridgehead atoms. The van der Waals surface area contributed by atoms with Crippen molar-refractivity contribution in [1.29, 1.82) is 0 Å². The molecule has 100 valence electrons. The topological polar surface area (TPSA) is 47.8 Å². The normalized spacial score (nSPS) is 21.2. The zero-order valence-corrected chi connectivity index (χ0v) is 11.9. The zero-order chi connectivity index (χ0) is 13.7. The molecule has 0 fully saturated rings. The highest BCUT2D eigenvalue weighted by atomic mass is 35.5. The van der Waals surface area contributed by atoms with Gasteiger partial charge in [-0.2, -0.15) is 0 Å². The summed E-state index contributed by atoms with van der Waals surface area (Å²) in [4.78, 5) is 8.77. The van der Waals surface area contributed by atoms with E-state index in [1.54, 1.807) is 12.3 Å². The van der Waals surface area contributed by atoms with Gasteiger partial charge in [-0.3, -0.25) is 9.19 Å². The summed E-state index contributed by atoms with van der Waals surface area (Å²) >= 11 is 5.97. The van der Waals surface area contributed by atoms with Crippen LogP contribution < -0.4 is 0 Å². The summed E-state index contributed by atoms with van der Waals surface area (Å²) in [6.07, 6.45) is 1.73. The zero-order valence-electron chi connectivity index (χ0n) is 10.4. The van der Waals surface area contributed by atoms with Crippen LogP contribution in [0.15, 0.2) is 47.8 Å². The van der Waals surface area contributed by atoms with Crippen LogP contribution in [-0.4, -0.2) is 18.7 Å². The highest BCUT2D eigenvalue weighted by molar-refractivity contribution is 7.85. The first kappa shape index (κ1) is 12.1. The number of hydrogen-bond acceptors (Lipinski definition) is 3. The van der Waals surface area contributed by atoms with Crippen LogP contribution in [0.3, 0.4) is 0 Å². The van der Waals surface area contributed by atoms with Gasteiger partial charge >= 0.3 is 0 Å². The molecule has 3 aromatic rings. The third-order valence-corrected chi connectivity index (χ3v) is 5.29. The number of nitrogens with zero attached hydrogens (tertiary/aromatic N) is 3. The van der Waals surface area contributed by atoms with E-state index in [1.807, 2.05) is 34.9 Å². The summed E-state index contributed by atoms with van der Waals surface area (Å²) in [6.45, 7) is 0.636. The molecular formula is C14H10ClN3OS. The standard InChI is InChI=1S/C14H10ClN3OS/c15-9-4-5-12-11(7-9)17-14-18(12)8-13(20(14)19)10-3-1-2-6-16-10/h1-7,13H,8H2. The Morgan fingerprint density at radius 2 is 2.20 bits per heavy atom. The Balaban J connectivity index is 1.84. The second-order valence-electron chi connectivity index (χ2n) is 4.68. The molecule has 6 heteroatoms. The highest BCUT2D eigenvalue weighted by Crippen LogP contribution is 2.35. The largest absolute Gasteiger partial charge is 0.315 e. The van der Waals surface area contributed by atoms with Crippen molar-refractivity contribution in [3.8, 4) is 0 Å². The lowest BCUT2D eigenvalue weighted by molar-refractivity contribution is 0.666. The molecule has 2 aromatic heterocycles. The quantitative estimate of drug-likeness (QED) is 0.694. The number of hydrogen-bond donors (Lipinski definition) is 0. The molecule has 4 nitrogen and oxygen atoms in total. The lowest BCUT2D eigenvalue weighted by atomic mass is 10.2. The summed E-state index contributed by atoms with van der Waals surface area (Å²) < 4.78 is 14.6. The van der Waals surface area contributed by atoms with Gasteiger partial charge in [-0.15, -0.1) is 0 Å². The van der Waals surface area contributed by atoms with Crippen LogP contribution in [0.1, 0.15) is 10.9 Å². The van der Waals surface area contributed by atoms with Gasteiger partial charge in [-0.05, 0) is 30.3 Å². The molecular weight excluding hydrogens is 294 g/mol. The minimum absolute atomic E-state index is 0.126. The lowest BCUT2D eigenvalue weighted by Crippen LogP contribution is -2.05. The number of benzene rings is 1. The maximum absolute atomic E-state index is 12.6. The van der Waals surface area contributed by atoms with Crippen molar-refractivity contribution >= 4 is 33.4 Å². The van der Waals surface area contributed by atoms with Gasteiger partial charge in [0.05, 0.1) is 16.7 Å². The Kier molecular flexibility index (Phi) is 2.65. The molecule has 4 rings (SSSR count). The molecule has 1 aromatic carbocycles. The summed E-state index contributed by atoms with van der Waals surface area (Å²) in [5.74, 6) is 0. The summed E-state index contributed by atoms with van der Waals surface area (Å²) in [7, 11) is -1.18.